The molecule has 0 aromatic heterocycles. The minimum Gasteiger partial charge on any atom is -0.493 e. The number of rotatable bonds is 8. The zero-order valence-electron chi connectivity index (χ0n) is 19.7. The SMILES string of the molecule is CCOC(=O)C1=C(C)N=C2SC=CN2[C@@H]1c1cc(Br)c(OCC(=O)Nc2ccc(Br)cc2)c(OC)c1. The van der Waals surface area contributed by atoms with E-state index in [1.165, 1.54) is 18.9 Å². The van der Waals surface area contributed by atoms with Gasteiger partial charge in [-0.3, -0.25) is 4.79 Å². The van der Waals surface area contributed by atoms with E-state index >= 15 is 0 Å². The Labute approximate surface area is 230 Å². The van der Waals surface area contributed by atoms with E-state index in [-0.39, 0.29) is 19.1 Å². The molecule has 2 aromatic carbocycles. The van der Waals surface area contributed by atoms with Crippen molar-refractivity contribution in [1.29, 1.82) is 0 Å². The van der Waals surface area contributed by atoms with Crippen molar-refractivity contribution in [2.45, 2.75) is 19.9 Å². The lowest BCUT2D eigenvalue weighted by molar-refractivity contribution is -0.139. The van der Waals surface area contributed by atoms with Crippen LogP contribution in [-0.4, -0.2) is 42.3 Å². The second-order valence-corrected chi connectivity index (χ2v) is 10.3. The molecule has 0 saturated carbocycles. The van der Waals surface area contributed by atoms with Crippen molar-refractivity contribution in [2.75, 3.05) is 25.6 Å². The van der Waals surface area contributed by atoms with Crippen LogP contribution in [0.4, 0.5) is 5.69 Å². The van der Waals surface area contributed by atoms with Gasteiger partial charge in [0.1, 0.15) is 0 Å². The molecule has 0 aliphatic carbocycles. The number of aliphatic imine (C=N–C) groups is 1. The summed E-state index contributed by atoms with van der Waals surface area (Å²) < 4.78 is 18.3. The van der Waals surface area contributed by atoms with Crippen LogP contribution >= 0.6 is 43.6 Å². The number of amidine groups is 1. The third-order valence-electron chi connectivity index (χ3n) is 5.36. The van der Waals surface area contributed by atoms with Gasteiger partial charge in [-0.2, -0.15) is 0 Å². The molecular formula is C25H23Br2N3O5S. The number of benzene rings is 2. The first-order valence-electron chi connectivity index (χ1n) is 11.0. The molecule has 188 valence electrons. The fourth-order valence-electron chi connectivity index (χ4n) is 3.80. The fraction of sp³-hybridized carbons (Fsp3) is 0.240. The van der Waals surface area contributed by atoms with Gasteiger partial charge in [0.2, 0.25) is 0 Å². The highest BCUT2D eigenvalue weighted by atomic mass is 79.9. The Balaban J connectivity index is 1.60. The Bertz CT molecular complexity index is 1280. The van der Waals surface area contributed by atoms with Crippen molar-refractivity contribution < 1.29 is 23.8 Å². The van der Waals surface area contributed by atoms with Gasteiger partial charge in [0.05, 0.1) is 35.5 Å². The number of fused-ring (bicyclic) bond motifs is 1. The summed E-state index contributed by atoms with van der Waals surface area (Å²) in [5, 5.41) is 5.48. The number of methoxy groups -OCH3 is 1. The van der Waals surface area contributed by atoms with Gasteiger partial charge >= 0.3 is 5.97 Å². The summed E-state index contributed by atoms with van der Waals surface area (Å²) in [6.07, 6.45) is 1.89. The van der Waals surface area contributed by atoms with Crippen LogP contribution in [0.15, 0.2) is 73.2 Å². The molecule has 11 heteroatoms. The number of esters is 1. The number of amides is 1. The van der Waals surface area contributed by atoms with E-state index in [4.69, 9.17) is 14.2 Å². The van der Waals surface area contributed by atoms with Crippen LogP contribution in [0.3, 0.4) is 0 Å². The quantitative estimate of drug-likeness (QED) is 0.355. The van der Waals surface area contributed by atoms with Gasteiger partial charge in [0.15, 0.2) is 23.3 Å². The molecule has 0 bridgehead atoms. The van der Waals surface area contributed by atoms with E-state index in [9.17, 15) is 9.59 Å². The summed E-state index contributed by atoms with van der Waals surface area (Å²) in [6.45, 7) is 3.61. The van der Waals surface area contributed by atoms with Crippen molar-refractivity contribution in [2.24, 2.45) is 4.99 Å². The third-order valence-corrected chi connectivity index (χ3v) is 7.25. The number of nitrogens with one attached hydrogen (secondary N) is 1. The maximum Gasteiger partial charge on any atom is 0.338 e. The van der Waals surface area contributed by atoms with Gasteiger partial charge in [-0.1, -0.05) is 27.7 Å². The zero-order chi connectivity index (χ0) is 25.8. The lowest BCUT2D eigenvalue weighted by Gasteiger charge is -2.33. The summed E-state index contributed by atoms with van der Waals surface area (Å²) >= 11 is 8.41. The van der Waals surface area contributed by atoms with Crippen molar-refractivity contribution in [3.63, 3.8) is 0 Å². The summed E-state index contributed by atoms with van der Waals surface area (Å²) in [6, 6.07) is 10.4. The first-order valence-corrected chi connectivity index (χ1v) is 13.4. The topological polar surface area (TPSA) is 89.5 Å². The predicted molar refractivity (Wildman–Crippen MR) is 147 cm³/mol. The first kappa shape index (κ1) is 26.3. The second-order valence-electron chi connectivity index (χ2n) is 7.70. The van der Waals surface area contributed by atoms with Gasteiger partial charge in [-0.25, -0.2) is 9.79 Å². The number of halogens is 2. The molecule has 1 amide bonds. The standard InChI is InChI=1S/C25H23Br2N3O5S/c1-4-34-24(32)21-14(2)28-25-30(9-10-36-25)22(21)15-11-18(27)23(19(12-15)33-3)35-13-20(31)29-17-7-5-16(26)6-8-17/h5-12,22H,4,13H2,1-3H3,(H,29,31)/t22-/m1/s1. The largest absolute Gasteiger partial charge is 0.493 e. The molecule has 0 unspecified atom stereocenters. The van der Waals surface area contributed by atoms with Crippen LogP contribution in [0.25, 0.3) is 0 Å². The smallest absolute Gasteiger partial charge is 0.338 e. The molecule has 0 spiro atoms. The van der Waals surface area contributed by atoms with E-state index in [2.05, 4.69) is 42.2 Å². The van der Waals surface area contributed by atoms with Gasteiger partial charge in [0, 0.05) is 16.4 Å². The monoisotopic (exact) mass is 635 g/mol. The number of ether oxygens (including phenoxy) is 3. The van der Waals surface area contributed by atoms with E-state index in [1.807, 2.05) is 34.7 Å². The van der Waals surface area contributed by atoms with Crippen LogP contribution in [0.5, 0.6) is 11.5 Å². The molecule has 1 atom stereocenters. The molecule has 0 fully saturated rings. The molecule has 0 saturated heterocycles. The van der Waals surface area contributed by atoms with Crippen molar-refractivity contribution in [3.8, 4) is 11.5 Å². The second kappa shape index (κ2) is 11.5. The molecule has 0 radical (unpaired) electrons. The van der Waals surface area contributed by atoms with E-state index in [0.717, 1.165) is 15.2 Å². The Kier molecular flexibility index (Phi) is 8.43. The molecule has 8 nitrogen and oxygen atoms in total. The number of carbonyl (C=O) groups excluding carboxylic acids is 2. The normalized spacial score (nSPS) is 16.4. The minimum absolute atomic E-state index is 0.219. The number of nitrogens with zero attached hydrogens (tertiary/aromatic N) is 2. The van der Waals surface area contributed by atoms with Gasteiger partial charge in [-0.05, 0) is 77.1 Å². The number of thioether (sulfide) groups is 1. The fourth-order valence-corrected chi connectivity index (χ4v) is 5.43. The molecule has 2 heterocycles. The third kappa shape index (κ3) is 5.63. The van der Waals surface area contributed by atoms with Crippen LogP contribution in [0.2, 0.25) is 0 Å². The minimum atomic E-state index is -0.470. The molecule has 36 heavy (non-hydrogen) atoms. The van der Waals surface area contributed by atoms with Crippen LogP contribution in [-0.2, 0) is 14.3 Å². The van der Waals surface area contributed by atoms with Gasteiger partial charge < -0.3 is 24.4 Å². The van der Waals surface area contributed by atoms with Gasteiger partial charge in [-0.15, -0.1) is 0 Å². The van der Waals surface area contributed by atoms with Crippen molar-refractivity contribution in [3.05, 3.63) is 73.8 Å². The van der Waals surface area contributed by atoms with E-state index in [0.29, 0.717) is 32.9 Å². The molecule has 2 aliphatic heterocycles. The highest BCUT2D eigenvalue weighted by Crippen LogP contribution is 2.45. The zero-order valence-corrected chi connectivity index (χ0v) is 23.7. The Hall–Kier alpha value is -2.76. The molecule has 4 rings (SSSR count). The Morgan fingerprint density at radius 2 is 1.94 bits per heavy atom. The lowest BCUT2D eigenvalue weighted by Crippen LogP contribution is -2.34. The number of allylic oxidation sites excluding steroid dienone is 1. The first-order chi connectivity index (χ1) is 17.3. The molecule has 2 aromatic rings. The maximum absolute atomic E-state index is 12.9. The number of carbonyl (C=O) groups is 2. The molecular weight excluding hydrogens is 614 g/mol. The summed E-state index contributed by atoms with van der Waals surface area (Å²) in [5.41, 5.74) is 2.48. The Morgan fingerprint density at radius 3 is 2.64 bits per heavy atom. The van der Waals surface area contributed by atoms with Crippen LogP contribution < -0.4 is 14.8 Å². The van der Waals surface area contributed by atoms with Crippen molar-refractivity contribution >= 4 is 66.4 Å². The molecule has 2 aliphatic rings. The average Bonchev–Trinajstić information content (AvgIpc) is 3.31. The number of hydrogen-bond donors (Lipinski definition) is 1. The summed E-state index contributed by atoms with van der Waals surface area (Å²) in [7, 11) is 1.52. The summed E-state index contributed by atoms with van der Waals surface area (Å²) in [4.78, 5) is 31.9. The maximum atomic E-state index is 12.9. The number of hydrogen-bond acceptors (Lipinski definition) is 8. The highest BCUT2D eigenvalue weighted by Gasteiger charge is 2.38. The van der Waals surface area contributed by atoms with E-state index < -0.39 is 12.0 Å². The average molecular weight is 637 g/mol. The van der Waals surface area contributed by atoms with E-state index in [1.54, 1.807) is 32.0 Å². The highest BCUT2D eigenvalue weighted by molar-refractivity contribution is 9.10. The lowest BCUT2D eigenvalue weighted by atomic mass is 9.94. The van der Waals surface area contributed by atoms with Crippen molar-refractivity contribution in [1.82, 2.24) is 4.90 Å². The Morgan fingerprint density at radius 1 is 1.19 bits per heavy atom. The predicted octanol–water partition coefficient (Wildman–Crippen LogP) is 6.01. The van der Waals surface area contributed by atoms with Crippen LogP contribution in [0.1, 0.15) is 25.5 Å². The molecule has 1 N–H and O–H groups in total. The van der Waals surface area contributed by atoms with Gasteiger partial charge in [0.25, 0.3) is 5.91 Å². The number of anilines is 1. The summed E-state index contributed by atoms with van der Waals surface area (Å²) in [5.74, 6) is 0.0530. The van der Waals surface area contributed by atoms with Crippen LogP contribution in [0, 0.1) is 0 Å².